The van der Waals surface area contributed by atoms with E-state index in [1.54, 1.807) is 7.11 Å². The van der Waals surface area contributed by atoms with E-state index >= 15 is 0 Å². The van der Waals surface area contributed by atoms with Crippen molar-refractivity contribution in [1.29, 1.82) is 0 Å². The molecule has 11 heteroatoms. The molecule has 2 aromatic carbocycles. The highest BCUT2D eigenvalue weighted by Gasteiger charge is 2.42. The first-order chi connectivity index (χ1) is 17.9. The van der Waals surface area contributed by atoms with Gasteiger partial charge in [0.2, 0.25) is 3.79 Å². The van der Waals surface area contributed by atoms with Crippen LogP contribution in [0, 0.1) is 0 Å². The minimum Gasteiger partial charge on any atom is -0.497 e. The predicted octanol–water partition coefficient (Wildman–Crippen LogP) is 5.28. The van der Waals surface area contributed by atoms with E-state index in [4.69, 9.17) is 64.2 Å². The molecular weight excluding hydrogens is 593 g/mol. The minimum absolute atomic E-state index is 0. The zero-order valence-corrected chi connectivity index (χ0v) is 26.8. The van der Waals surface area contributed by atoms with Crippen LogP contribution in [0.25, 0.3) is 0 Å². The van der Waals surface area contributed by atoms with E-state index in [9.17, 15) is 0 Å². The zero-order chi connectivity index (χ0) is 28.6. The molecule has 2 aromatic rings. The summed E-state index contributed by atoms with van der Waals surface area (Å²) in [5, 5.41) is 1.15. The van der Waals surface area contributed by atoms with Crippen LogP contribution in [0.5, 0.6) is 11.5 Å². The van der Waals surface area contributed by atoms with Crippen molar-refractivity contribution in [3.05, 3.63) is 53.1 Å². The summed E-state index contributed by atoms with van der Waals surface area (Å²) in [4.78, 5) is 0. The van der Waals surface area contributed by atoms with Crippen molar-refractivity contribution in [1.82, 2.24) is 0 Å². The van der Waals surface area contributed by atoms with Crippen LogP contribution in [0.4, 0.5) is 0 Å². The summed E-state index contributed by atoms with van der Waals surface area (Å²) in [6, 6.07) is 11.5. The highest BCUT2D eigenvalue weighted by molar-refractivity contribution is 6.89. The highest BCUT2D eigenvalue weighted by Crippen LogP contribution is 2.47. The van der Waals surface area contributed by atoms with E-state index in [-0.39, 0.29) is 11.0 Å². The molecule has 0 saturated carbocycles. The lowest BCUT2D eigenvalue weighted by atomic mass is 9.90. The standard InChI is InChI=1S/C28H42Cl3NO5Si.H4Si/c1-8-34-28(35-9-2,36-10-3)37-24-18-17-23(26(38(5,6)7)22(24)12-11-19-32)25(27(29,30)31)20-13-15-21(33-4)16-14-20;/h13-18,25H,8-12,19,32H2,1-7H3;1H4. The van der Waals surface area contributed by atoms with E-state index in [2.05, 4.69) is 19.6 Å². The van der Waals surface area contributed by atoms with Crippen LogP contribution in [0.15, 0.2) is 36.4 Å². The van der Waals surface area contributed by atoms with Gasteiger partial charge in [-0.05, 0) is 91.2 Å². The minimum atomic E-state index is -2.07. The summed E-state index contributed by atoms with van der Waals surface area (Å²) in [5.74, 6) is 0.808. The fourth-order valence-corrected chi connectivity index (χ4v) is 7.59. The molecule has 1 unspecified atom stereocenters. The van der Waals surface area contributed by atoms with Crippen LogP contribution in [-0.2, 0) is 20.6 Å². The van der Waals surface area contributed by atoms with Crippen molar-refractivity contribution in [3.8, 4) is 11.5 Å². The lowest BCUT2D eigenvalue weighted by molar-refractivity contribution is -0.467. The van der Waals surface area contributed by atoms with E-state index in [0.717, 1.165) is 34.0 Å². The van der Waals surface area contributed by atoms with Crippen molar-refractivity contribution >= 4 is 59.0 Å². The Bertz CT molecular complexity index is 997. The lowest BCUT2D eigenvalue weighted by Crippen LogP contribution is -2.48. The van der Waals surface area contributed by atoms with Gasteiger partial charge in [-0.25, -0.2) is 0 Å². The molecule has 0 aromatic heterocycles. The van der Waals surface area contributed by atoms with Crippen molar-refractivity contribution in [2.24, 2.45) is 5.73 Å². The predicted molar refractivity (Wildman–Crippen MR) is 171 cm³/mol. The van der Waals surface area contributed by atoms with Gasteiger partial charge < -0.3 is 15.2 Å². The van der Waals surface area contributed by atoms with E-state index in [1.165, 1.54) is 0 Å². The monoisotopic (exact) mass is 637 g/mol. The van der Waals surface area contributed by atoms with Crippen LogP contribution < -0.4 is 20.4 Å². The highest BCUT2D eigenvalue weighted by atomic mass is 35.6. The number of rotatable bonds is 15. The quantitative estimate of drug-likeness (QED) is 0.163. The van der Waals surface area contributed by atoms with Gasteiger partial charge in [-0.15, -0.1) is 0 Å². The third-order valence-electron chi connectivity index (χ3n) is 5.97. The molecule has 1 atom stereocenters. The van der Waals surface area contributed by atoms with Gasteiger partial charge in [-0.2, -0.15) is 0 Å². The molecule has 0 spiro atoms. The molecule has 0 fully saturated rings. The fourth-order valence-electron chi connectivity index (χ4n) is 4.62. The van der Waals surface area contributed by atoms with E-state index < -0.39 is 23.9 Å². The first kappa shape index (κ1) is 36.2. The van der Waals surface area contributed by atoms with Crippen molar-refractivity contribution in [2.45, 2.75) is 69.1 Å². The molecule has 222 valence electrons. The number of halogens is 3. The van der Waals surface area contributed by atoms with Gasteiger partial charge in [0.1, 0.15) is 11.5 Å². The van der Waals surface area contributed by atoms with E-state index in [0.29, 0.717) is 38.5 Å². The van der Waals surface area contributed by atoms with Gasteiger partial charge in [-0.1, -0.05) is 72.6 Å². The lowest BCUT2D eigenvalue weighted by Gasteiger charge is -2.36. The Morgan fingerprint density at radius 3 is 1.82 bits per heavy atom. The van der Waals surface area contributed by atoms with Crippen molar-refractivity contribution in [3.63, 3.8) is 0 Å². The number of nitrogens with two attached hydrogens (primary N) is 1. The number of methoxy groups -OCH3 is 1. The fraction of sp³-hybridized carbons (Fsp3) is 0.571. The van der Waals surface area contributed by atoms with Crippen LogP contribution in [0.1, 0.15) is 49.8 Å². The molecular formula is C28H46Cl3NO5Si2. The molecule has 0 radical (unpaired) electrons. The summed E-state index contributed by atoms with van der Waals surface area (Å²) >= 11 is 20.1. The summed E-state index contributed by atoms with van der Waals surface area (Å²) in [7, 11) is -0.446. The molecule has 2 N–H and O–H groups in total. The second-order valence-corrected chi connectivity index (χ2v) is 17.2. The van der Waals surface area contributed by atoms with Crippen molar-refractivity contribution in [2.75, 3.05) is 33.5 Å². The maximum absolute atomic E-state index is 6.69. The van der Waals surface area contributed by atoms with Crippen LogP contribution in [0.2, 0.25) is 19.6 Å². The van der Waals surface area contributed by atoms with Crippen LogP contribution in [0.3, 0.4) is 0 Å². The second kappa shape index (κ2) is 16.0. The number of hydrogen-bond donors (Lipinski definition) is 1. The molecule has 0 aliphatic carbocycles. The smallest absolute Gasteiger partial charge is 0.460 e. The van der Waals surface area contributed by atoms with Crippen LogP contribution in [-0.4, -0.2) is 62.5 Å². The Balaban J connectivity index is 0.00000760. The largest absolute Gasteiger partial charge is 0.497 e. The number of alkyl halides is 3. The molecule has 6 nitrogen and oxygen atoms in total. The normalized spacial score (nSPS) is 13.1. The average Bonchev–Trinajstić information content (AvgIpc) is 2.83. The Morgan fingerprint density at radius 2 is 1.41 bits per heavy atom. The summed E-state index contributed by atoms with van der Waals surface area (Å²) in [6.07, 6.45) is -0.239. The average molecular weight is 639 g/mol. The Morgan fingerprint density at radius 1 is 0.872 bits per heavy atom. The molecule has 0 heterocycles. The molecule has 2 rings (SSSR count). The number of ether oxygens (including phenoxy) is 5. The molecule has 0 aliphatic rings. The first-order valence-corrected chi connectivity index (χ1v) is 17.7. The summed E-state index contributed by atoms with van der Waals surface area (Å²) < 4.78 is 27.8. The molecule has 0 aliphatic heterocycles. The summed E-state index contributed by atoms with van der Waals surface area (Å²) in [5.41, 5.74) is 8.78. The third-order valence-corrected chi connectivity index (χ3v) is 8.71. The van der Waals surface area contributed by atoms with Gasteiger partial charge in [0.25, 0.3) is 0 Å². The van der Waals surface area contributed by atoms with Gasteiger partial charge in [-0.3, -0.25) is 14.2 Å². The molecule has 0 amide bonds. The topological polar surface area (TPSA) is 72.2 Å². The number of hydrogen-bond acceptors (Lipinski definition) is 6. The molecule has 0 bridgehead atoms. The zero-order valence-electron chi connectivity index (χ0n) is 23.5. The Hall–Kier alpha value is -0.816. The SMILES string of the molecule is CCOC(OCC)(OCC)Oc1ccc(C(c2ccc(OC)cc2)C(Cl)(Cl)Cl)c([Si](C)(C)C)c1CCCN.[SiH4]. The second-order valence-electron chi connectivity index (χ2n) is 9.80. The van der Waals surface area contributed by atoms with Gasteiger partial charge in [0.05, 0.1) is 40.9 Å². The molecule has 0 saturated heterocycles. The van der Waals surface area contributed by atoms with Crippen molar-refractivity contribution < 1.29 is 23.7 Å². The number of benzene rings is 2. The maximum atomic E-state index is 6.69. The van der Waals surface area contributed by atoms with Gasteiger partial charge >= 0.3 is 6.16 Å². The first-order valence-electron chi connectivity index (χ1n) is 13.0. The Labute approximate surface area is 254 Å². The Kier molecular flexibility index (Phi) is 14.8. The van der Waals surface area contributed by atoms with Crippen LogP contribution >= 0.6 is 34.8 Å². The third kappa shape index (κ3) is 9.62. The maximum Gasteiger partial charge on any atom is 0.460 e. The van der Waals surface area contributed by atoms with E-state index in [1.807, 2.05) is 57.2 Å². The van der Waals surface area contributed by atoms with Gasteiger partial charge in [0, 0.05) is 0 Å². The van der Waals surface area contributed by atoms with Gasteiger partial charge in [0.15, 0.2) is 0 Å². The summed E-state index contributed by atoms with van der Waals surface area (Å²) in [6.45, 7) is 13.9. The molecule has 39 heavy (non-hydrogen) atoms.